The number of amides is 2. The molecule has 3 nitrogen and oxygen atoms in total. The van der Waals surface area contributed by atoms with E-state index < -0.39 is 5.54 Å². The Morgan fingerprint density at radius 1 is 1.27 bits per heavy atom. The van der Waals surface area contributed by atoms with E-state index in [4.69, 9.17) is 0 Å². The third-order valence-electron chi connectivity index (χ3n) is 3.51. The normalized spacial score (nSPS) is 11.0. The second kappa shape index (κ2) is 6.79. The number of nitrogens with one attached hydrogen (secondary N) is 2. The maximum atomic E-state index is 12.1. The van der Waals surface area contributed by atoms with Crippen molar-refractivity contribution in [2.45, 2.75) is 32.9 Å². The first kappa shape index (κ1) is 16.3. The van der Waals surface area contributed by atoms with Gasteiger partial charge in [0.2, 0.25) is 0 Å². The molecular formula is C18H22N2OS. The highest BCUT2D eigenvalue weighted by molar-refractivity contribution is 7.09. The zero-order valence-electron chi connectivity index (χ0n) is 13.3. The monoisotopic (exact) mass is 314 g/mol. The van der Waals surface area contributed by atoms with Crippen LogP contribution in [0, 0.1) is 0 Å². The second-order valence-corrected chi connectivity index (χ2v) is 6.91. The lowest BCUT2D eigenvalue weighted by atomic mass is 9.92. The van der Waals surface area contributed by atoms with Crippen LogP contribution in [0.25, 0.3) is 5.57 Å². The molecule has 0 unspecified atom stereocenters. The topological polar surface area (TPSA) is 41.1 Å². The van der Waals surface area contributed by atoms with Gasteiger partial charge in [-0.05, 0) is 49.4 Å². The molecule has 2 N–H and O–H groups in total. The molecule has 0 atom stereocenters. The van der Waals surface area contributed by atoms with Gasteiger partial charge in [-0.1, -0.05) is 36.4 Å². The SMILES string of the molecule is C=C(C)c1cccc(C(C)(C)NC(=O)NCc2cccs2)c1. The summed E-state index contributed by atoms with van der Waals surface area (Å²) in [7, 11) is 0. The summed E-state index contributed by atoms with van der Waals surface area (Å²) in [5.74, 6) is 0. The second-order valence-electron chi connectivity index (χ2n) is 5.87. The van der Waals surface area contributed by atoms with Crippen molar-refractivity contribution in [1.29, 1.82) is 0 Å². The molecule has 116 valence electrons. The Kier molecular flexibility index (Phi) is 5.03. The number of hydrogen-bond acceptors (Lipinski definition) is 2. The molecule has 4 heteroatoms. The van der Waals surface area contributed by atoms with Gasteiger partial charge >= 0.3 is 6.03 Å². The summed E-state index contributed by atoms with van der Waals surface area (Å²) in [6.45, 7) is 10.5. The molecule has 0 saturated carbocycles. The van der Waals surface area contributed by atoms with Crippen LogP contribution in [0.3, 0.4) is 0 Å². The Hall–Kier alpha value is -2.07. The number of urea groups is 1. The fraction of sp³-hybridized carbons (Fsp3) is 0.278. The van der Waals surface area contributed by atoms with Gasteiger partial charge in [0.1, 0.15) is 0 Å². The van der Waals surface area contributed by atoms with E-state index in [1.807, 2.05) is 56.5 Å². The van der Waals surface area contributed by atoms with E-state index in [0.717, 1.165) is 21.6 Å². The highest BCUT2D eigenvalue weighted by Crippen LogP contribution is 2.23. The van der Waals surface area contributed by atoms with Crippen molar-refractivity contribution < 1.29 is 4.79 Å². The highest BCUT2D eigenvalue weighted by Gasteiger charge is 2.23. The molecule has 1 aromatic carbocycles. The Labute approximate surface area is 136 Å². The maximum absolute atomic E-state index is 12.1. The van der Waals surface area contributed by atoms with Gasteiger partial charge in [-0.3, -0.25) is 0 Å². The van der Waals surface area contributed by atoms with Crippen LogP contribution in [0.5, 0.6) is 0 Å². The van der Waals surface area contributed by atoms with Crippen molar-refractivity contribution in [2.75, 3.05) is 0 Å². The molecule has 0 saturated heterocycles. The minimum Gasteiger partial charge on any atom is -0.333 e. The van der Waals surface area contributed by atoms with Gasteiger partial charge in [0.05, 0.1) is 12.1 Å². The molecule has 0 spiro atoms. The largest absolute Gasteiger partial charge is 0.333 e. The lowest BCUT2D eigenvalue weighted by molar-refractivity contribution is 0.229. The number of hydrogen-bond donors (Lipinski definition) is 2. The molecule has 2 aromatic rings. The molecule has 0 aliphatic heterocycles. The number of carbonyl (C=O) groups is 1. The summed E-state index contributed by atoms with van der Waals surface area (Å²) in [5.41, 5.74) is 2.70. The van der Waals surface area contributed by atoms with Gasteiger partial charge in [-0.2, -0.15) is 0 Å². The Balaban J connectivity index is 2.01. The van der Waals surface area contributed by atoms with Crippen LogP contribution in [-0.4, -0.2) is 6.03 Å². The third kappa shape index (κ3) is 4.21. The molecule has 0 bridgehead atoms. The quantitative estimate of drug-likeness (QED) is 0.837. The number of benzene rings is 1. The van der Waals surface area contributed by atoms with E-state index >= 15 is 0 Å². The average Bonchev–Trinajstić information content (AvgIpc) is 2.98. The molecule has 22 heavy (non-hydrogen) atoms. The van der Waals surface area contributed by atoms with Gasteiger partial charge in [-0.15, -0.1) is 11.3 Å². The van der Waals surface area contributed by atoms with E-state index in [9.17, 15) is 4.79 Å². The van der Waals surface area contributed by atoms with Gasteiger partial charge < -0.3 is 10.6 Å². The fourth-order valence-electron chi connectivity index (χ4n) is 2.15. The molecule has 2 amide bonds. The van der Waals surface area contributed by atoms with E-state index in [1.54, 1.807) is 11.3 Å². The predicted molar refractivity (Wildman–Crippen MR) is 93.9 cm³/mol. The standard InChI is InChI=1S/C18H22N2OS/c1-13(2)14-7-5-8-15(11-14)18(3,4)20-17(21)19-12-16-9-6-10-22-16/h5-11H,1,12H2,2-4H3,(H2,19,20,21). The van der Waals surface area contributed by atoms with E-state index in [2.05, 4.69) is 23.3 Å². The van der Waals surface area contributed by atoms with Crippen molar-refractivity contribution in [2.24, 2.45) is 0 Å². The molecule has 1 aromatic heterocycles. The average molecular weight is 314 g/mol. The van der Waals surface area contributed by atoms with Crippen LogP contribution in [0.4, 0.5) is 4.79 Å². The van der Waals surface area contributed by atoms with Gasteiger partial charge in [0.15, 0.2) is 0 Å². The summed E-state index contributed by atoms with van der Waals surface area (Å²) in [4.78, 5) is 13.2. The van der Waals surface area contributed by atoms with Gasteiger partial charge in [-0.25, -0.2) is 4.79 Å². The van der Waals surface area contributed by atoms with E-state index in [-0.39, 0.29) is 6.03 Å². The van der Waals surface area contributed by atoms with Crippen LogP contribution in [0.15, 0.2) is 48.4 Å². The molecule has 0 fully saturated rings. The minimum absolute atomic E-state index is 0.167. The minimum atomic E-state index is -0.453. The molecule has 0 aliphatic rings. The van der Waals surface area contributed by atoms with Crippen molar-refractivity contribution in [3.8, 4) is 0 Å². The van der Waals surface area contributed by atoms with Crippen molar-refractivity contribution in [1.82, 2.24) is 10.6 Å². The Morgan fingerprint density at radius 2 is 2.05 bits per heavy atom. The summed E-state index contributed by atoms with van der Waals surface area (Å²) >= 11 is 1.63. The summed E-state index contributed by atoms with van der Waals surface area (Å²) in [5, 5.41) is 7.92. The van der Waals surface area contributed by atoms with Crippen LogP contribution in [0.2, 0.25) is 0 Å². The van der Waals surface area contributed by atoms with E-state index in [0.29, 0.717) is 6.54 Å². The lowest BCUT2D eigenvalue weighted by Crippen LogP contribution is -2.46. The lowest BCUT2D eigenvalue weighted by Gasteiger charge is -2.27. The number of carbonyl (C=O) groups excluding carboxylic acids is 1. The molecule has 1 heterocycles. The van der Waals surface area contributed by atoms with Crippen molar-refractivity contribution in [3.05, 3.63) is 64.4 Å². The highest BCUT2D eigenvalue weighted by atomic mass is 32.1. The van der Waals surface area contributed by atoms with Gasteiger partial charge in [0.25, 0.3) is 0 Å². The number of allylic oxidation sites excluding steroid dienone is 1. The first-order chi connectivity index (χ1) is 10.4. The maximum Gasteiger partial charge on any atom is 0.315 e. The molecular weight excluding hydrogens is 292 g/mol. The molecule has 2 rings (SSSR count). The van der Waals surface area contributed by atoms with Crippen molar-refractivity contribution >= 4 is 22.9 Å². The first-order valence-electron chi connectivity index (χ1n) is 7.23. The van der Waals surface area contributed by atoms with Crippen LogP contribution in [0.1, 0.15) is 36.8 Å². The summed E-state index contributed by atoms with van der Waals surface area (Å²) < 4.78 is 0. The predicted octanol–water partition coefficient (Wildman–Crippen LogP) is 4.52. The van der Waals surface area contributed by atoms with Crippen LogP contribution >= 0.6 is 11.3 Å². The number of rotatable bonds is 5. The van der Waals surface area contributed by atoms with Gasteiger partial charge in [0, 0.05) is 4.88 Å². The third-order valence-corrected chi connectivity index (χ3v) is 4.38. The summed E-state index contributed by atoms with van der Waals surface area (Å²) in [6, 6.07) is 11.9. The van der Waals surface area contributed by atoms with Crippen LogP contribution in [-0.2, 0) is 12.1 Å². The Morgan fingerprint density at radius 3 is 2.68 bits per heavy atom. The Bertz CT molecular complexity index is 659. The van der Waals surface area contributed by atoms with E-state index in [1.165, 1.54) is 0 Å². The first-order valence-corrected chi connectivity index (χ1v) is 8.11. The molecule has 0 aliphatic carbocycles. The molecule has 0 radical (unpaired) electrons. The summed E-state index contributed by atoms with van der Waals surface area (Å²) in [6.07, 6.45) is 0. The van der Waals surface area contributed by atoms with Crippen LogP contribution < -0.4 is 10.6 Å². The zero-order chi connectivity index (χ0) is 16.2. The fourth-order valence-corrected chi connectivity index (χ4v) is 2.80. The number of thiophene rings is 1. The van der Waals surface area contributed by atoms with Crippen molar-refractivity contribution in [3.63, 3.8) is 0 Å². The zero-order valence-corrected chi connectivity index (χ0v) is 14.1. The smallest absolute Gasteiger partial charge is 0.315 e.